The first-order valence-corrected chi connectivity index (χ1v) is 8.49. The quantitative estimate of drug-likeness (QED) is 0.754. The van der Waals surface area contributed by atoms with E-state index < -0.39 is 0 Å². The molecule has 0 radical (unpaired) electrons. The zero-order chi connectivity index (χ0) is 16.6. The van der Waals surface area contributed by atoms with Crippen molar-refractivity contribution < 1.29 is 13.9 Å². The molecule has 1 aromatic carbocycles. The molecular weight excluding hydrogens is 302 g/mol. The highest BCUT2D eigenvalue weighted by Crippen LogP contribution is 2.21. The Hall–Kier alpha value is -2.49. The highest BCUT2D eigenvalue weighted by Gasteiger charge is 2.21. The molecule has 1 amide bonds. The number of ether oxygens (including phenoxy) is 1. The Morgan fingerprint density at radius 1 is 1.17 bits per heavy atom. The van der Waals surface area contributed by atoms with Crippen LogP contribution in [0.1, 0.15) is 25.0 Å². The van der Waals surface area contributed by atoms with Gasteiger partial charge in [0.2, 0.25) is 5.91 Å². The van der Waals surface area contributed by atoms with Crippen LogP contribution in [0.15, 0.2) is 59.2 Å². The molecule has 0 spiro atoms. The molecule has 2 aromatic rings. The summed E-state index contributed by atoms with van der Waals surface area (Å²) in [6.07, 6.45) is 8.04. The van der Waals surface area contributed by atoms with Crippen molar-refractivity contribution in [1.82, 2.24) is 4.90 Å². The maximum absolute atomic E-state index is 12.2. The van der Waals surface area contributed by atoms with Crippen molar-refractivity contribution in [1.29, 1.82) is 0 Å². The van der Waals surface area contributed by atoms with Crippen LogP contribution in [0.25, 0.3) is 6.08 Å². The number of rotatable bonds is 6. The van der Waals surface area contributed by atoms with Crippen LogP contribution in [0.3, 0.4) is 0 Å². The molecule has 1 fully saturated rings. The molecule has 1 saturated heterocycles. The van der Waals surface area contributed by atoms with Crippen molar-refractivity contribution in [3.8, 4) is 5.75 Å². The van der Waals surface area contributed by atoms with Gasteiger partial charge in [0.15, 0.2) is 0 Å². The van der Waals surface area contributed by atoms with Crippen LogP contribution in [0.4, 0.5) is 0 Å². The fraction of sp³-hybridized carbons (Fsp3) is 0.350. The molecule has 4 nitrogen and oxygen atoms in total. The lowest BCUT2D eigenvalue weighted by Crippen LogP contribution is -2.37. The fourth-order valence-corrected chi connectivity index (χ4v) is 2.95. The summed E-state index contributed by atoms with van der Waals surface area (Å²) in [4.78, 5) is 14.1. The summed E-state index contributed by atoms with van der Waals surface area (Å²) in [6, 6.07) is 13.6. The van der Waals surface area contributed by atoms with E-state index in [2.05, 4.69) is 0 Å². The second kappa shape index (κ2) is 8.39. The fourth-order valence-electron chi connectivity index (χ4n) is 2.95. The van der Waals surface area contributed by atoms with E-state index >= 15 is 0 Å². The van der Waals surface area contributed by atoms with Crippen LogP contribution in [0.2, 0.25) is 0 Å². The van der Waals surface area contributed by atoms with Gasteiger partial charge in [-0.25, -0.2) is 0 Å². The molecule has 1 aliphatic heterocycles. The number of hydrogen-bond acceptors (Lipinski definition) is 3. The Balaban J connectivity index is 1.37. The lowest BCUT2D eigenvalue weighted by molar-refractivity contribution is -0.127. The van der Waals surface area contributed by atoms with E-state index in [9.17, 15) is 4.79 Å². The number of amides is 1. The average molecular weight is 325 g/mol. The van der Waals surface area contributed by atoms with Gasteiger partial charge in [-0.3, -0.25) is 4.79 Å². The molecule has 24 heavy (non-hydrogen) atoms. The highest BCUT2D eigenvalue weighted by molar-refractivity contribution is 5.91. The van der Waals surface area contributed by atoms with Crippen LogP contribution < -0.4 is 4.74 Å². The summed E-state index contributed by atoms with van der Waals surface area (Å²) in [7, 11) is 0. The predicted molar refractivity (Wildman–Crippen MR) is 93.6 cm³/mol. The van der Waals surface area contributed by atoms with E-state index in [1.54, 1.807) is 18.4 Å². The smallest absolute Gasteiger partial charge is 0.246 e. The first-order valence-electron chi connectivity index (χ1n) is 8.49. The number of carbonyl (C=O) groups excluding carboxylic acids is 1. The van der Waals surface area contributed by atoms with Gasteiger partial charge >= 0.3 is 0 Å². The van der Waals surface area contributed by atoms with Gasteiger partial charge in [-0.1, -0.05) is 18.2 Å². The van der Waals surface area contributed by atoms with E-state index in [1.165, 1.54) is 0 Å². The monoisotopic (exact) mass is 325 g/mol. The lowest BCUT2D eigenvalue weighted by atomic mass is 9.94. The Kier molecular flexibility index (Phi) is 5.72. The van der Waals surface area contributed by atoms with Crippen LogP contribution >= 0.6 is 0 Å². The summed E-state index contributed by atoms with van der Waals surface area (Å²) < 4.78 is 11.0. The Morgan fingerprint density at radius 2 is 1.96 bits per heavy atom. The zero-order valence-corrected chi connectivity index (χ0v) is 13.8. The minimum absolute atomic E-state index is 0.0605. The molecule has 0 bridgehead atoms. The normalized spacial score (nSPS) is 15.8. The van der Waals surface area contributed by atoms with Gasteiger partial charge in [-0.15, -0.1) is 0 Å². The topological polar surface area (TPSA) is 42.7 Å². The standard InChI is InChI=1S/C20H23NO3/c22-20(9-8-19-7-4-15-23-19)21-13-10-17(11-14-21)12-16-24-18-5-2-1-3-6-18/h1-9,15,17H,10-14,16H2/b9-8+. The molecule has 0 N–H and O–H groups in total. The molecule has 0 aliphatic carbocycles. The lowest BCUT2D eigenvalue weighted by Gasteiger charge is -2.31. The third-order valence-electron chi connectivity index (χ3n) is 4.40. The number of carbonyl (C=O) groups is 1. The second-order valence-electron chi connectivity index (χ2n) is 6.07. The molecular formula is C20H23NO3. The molecule has 0 atom stereocenters. The molecule has 1 aromatic heterocycles. The van der Waals surface area contributed by atoms with Crippen molar-refractivity contribution in [2.45, 2.75) is 19.3 Å². The zero-order valence-electron chi connectivity index (χ0n) is 13.8. The second-order valence-corrected chi connectivity index (χ2v) is 6.07. The first kappa shape index (κ1) is 16.4. The summed E-state index contributed by atoms with van der Waals surface area (Å²) in [6.45, 7) is 2.37. The number of nitrogens with zero attached hydrogens (tertiary/aromatic N) is 1. The van der Waals surface area contributed by atoms with Gasteiger partial charge in [0.25, 0.3) is 0 Å². The van der Waals surface area contributed by atoms with Crippen molar-refractivity contribution in [2.24, 2.45) is 5.92 Å². The SMILES string of the molecule is O=C(/C=C/c1ccco1)N1CCC(CCOc2ccccc2)CC1. The molecule has 1 aliphatic rings. The Labute approximate surface area is 142 Å². The van der Waals surface area contributed by atoms with Crippen molar-refractivity contribution in [3.63, 3.8) is 0 Å². The van der Waals surface area contributed by atoms with Crippen molar-refractivity contribution in [2.75, 3.05) is 19.7 Å². The van der Waals surface area contributed by atoms with E-state index in [0.29, 0.717) is 11.7 Å². The van der Waals surface area contributed by atoms with Crippen LogP contribution in [0.5, 0.6) is 5.75 Å². The first-order chi connectivity index (χ1) is 11.8. The van der Waals surface area contributed by atoms with Crippen molar-refractivity contribution >= 4 is 12.0 Å². The third kappa shape index (κ3) is 4.75. The minimum atomic E-state index is 0.0605. The van der Waals surface area contributed by atoms with Crippen molar-refractivity contribution in [3.05, 3.63) is 60.6 Å². The predicted octanol–water partition coefficient (Wildman–Crippen LogP) is 4.00. The van der Waals surface area contributed by atoms with E-state index in [1.807, 2.05) is 47.4 Å². The van der Waals surface area contributed by atoms with E-state index in [-0.39, 0.29) is 5.91 Å². The van der Waals surface area contributed by atoms with Gasteiger partial charge in [-0.2, -0.15) is 0 Å². The largest absolute Gasteiger partial charge is 0.494 e. The number of hydrogen-bond donors (Lipinski definition) is 0. The number of benzene rings is 1. The van der Waals surface area contributed by atoms with E-state index in [4.69, 9.17) is 9.15 Å². The maximum atomic E-state index is 12.2. The summed E-state index contributed by atoms with van der Waals surface area (Å²) in [5.41, 5.74) is 0. The molecule has 0 saturated carbocycles. The van der Waals surface area contributed by atoms with Gasteiger partial charge in [0, 0.05) is 19.2 Å². The molecule has 4 heteroatoms. The Bertz CT molecular complexity index is 641. The summed E-state index contributed by atoms with van der Waals surface area (Å²) in [5.74, 6) is 2.32. The van der Waals surface area contributed by atoms with Gasteiger partial charge in [0.1, 0.15) is 11.5 Å². The summed E-state index contributed by atoms with van der Waals surface area (Å²) >= 11 is 0. The third-order valence-corrected chi connectivity index (χ3v) is 4.40. The Morgan fingerprint density at radius 3 is 2.67 bits per heavy atom. The van der Waals surface area contributed by atoms with Gasteiger partial charge in [-0.05, 0) is 55.5 Å². The molecule has 3 rings (SSSR count). The number of para-hydroxylation sites is 1. The van der Waals surface area contributed by atoms with Crippen LogP contribution in [-0.4, -0.2) is 30.5 Å². The molecule has 0 unspecified atom stereocenters. The average Bonchev–Trinajstić information content (AvgIpc) is 3.15. The van der Waals surface area contributed by atoms with Gasteiger partial charge in [0.05, 0.1) is 12.9 Å². The van der Waals surface area contributed by atoms with E-state index in [0.717, 1.165) is 44.7 Å². The molecule has 2 heterocycles. The van der Waals surface area contributed by atoms with Crippen LogP contribution in [-0.2, 0) is 4.79 Å². The molecule has 126 valence electrons. The van der Waals surface area contributed by atoms with Crippen LogP contribution in [0, 0.1) is 5.92 Å². The van der Waals surface area contributed by atoms with Gasteiger partial charge < -0.3 is 14.1 Å². The number of likely N-dealkylation sites (tertiary alicyclic amines) is 1. The highest BCUT2D eigenvalue weighted by atomic mass is 16.5. The number of furan rings is 1. The summed E-state index contributed by atoms with van der Waals surface area (Å²) in [5, 5.41) is 0. The number of piperidine rings is 1. The minimum Gasteiger partial charge on any atom is -0.494 e. The maximum Gasteiger partial charge on any atom is 0.246 e.